The highest BCUT2D eigenvalue weighted by atomic mass is 32.2. The van der Waals surface area contributed by atoms with Crippen molar-refractivity contribution in [1.82, 2.24) is 14.9 Å². The van der Waals surface area contributed by atoms with Crippen molar-refractivity contribution in [2.75, 3.05) is 0 Å². The molecule has 31 heavy (non-hydrogen) atoms. The predicted molar refractivity (Wildman–Crippen MR) is 131 cm³/mol. The van der Waals surface area contributed by atoms with Crippen LogP contribution in [0.5, 0.6) is 0 Å². The summed E-state index contributed by atoms with van der Waals surface area (Å²) in [6.07, 6.45) is 0.475. The highest BCUT2D eigenvalue weighted by Gasteiger charge is 2.32. The van der Waals surface area contributed by atoms with Crippen LogP contribution in [0.2, 0.25) is 0 Å². The maximum atomic E-state index is 12.6. The summed E-state index contributed by atoms with van der Waals surface area (Å²) in [6.45, 7) is 9.78. The molecular weight excluding hydrogens is 428 g/mol. The summed E-state index contributed by atoms with van der Waals surface area (Å²) in [5.74, 6) is 0. The molecule has 3 N–H and O–H groups in total. The largest absolute Gasteiger partial charge is 0.302 e. The van der Waals surface area contributed by atoms with Crippen molar-refractivity contribution < 1.29 is 4.21 Å². The van der Waals surface area contributed by atoms with Crippen LogP contribution in [0, 0.1) is 11.3 Å². The maximum absolute atomic E-state index is 12.6. The van der Waals surface area contributed by atoms with Gasteiger partial charge in [-0.3, -0.25) is 9.89 Å². The zero-order valence-corrected chi connectivity index (χ0v) is 19.5. The van der Waals surface area contributed by atoms with E-state index in [1.54, 1.807) is 17.4 Å². The standard InChI is InChI=1S/C20H22N4O2S2.C2H6.CH4/c1-13(2)28(26)24-20(3,10-17-9-19(25)23-22-17)18-8-16(12-27-18)15-6-4-5-14(7-15)11-21;1-2;/h4-9,12-13,24H,10H2,1-3H3,(H2,22,23,25);1-2H3;1H4/t20-,28?;;/m0../s1. The fourth-order valence-corrected chi connectivity index (χ4v) is 4.87. The fourth-order valence-electron chi connectivity index (χ4n) is 2.91. The van der Waals surface area contributed by atoms with Gasteiger partial charge in [0.1, 0.15) is 0 Å². The highest BCUT2D eigenvalue weighted by Crippen LogP contribution is 2.35. The average Bonchev–Trinajstić information content (AvgIpc) is 3.39. The lowest BCUT2D eigenvalue weighted by atomic mass is 9.94. The van der Waals surface area contributed by atoms with Gasteiger partial charge in [0.25, 0.3) is 5.56 Å². The number of nitrogens with zero attached hydrogens (tertiary/aromatic N) is 1. The SMILES string of the molecule is C.CC.CC(C)S(=O)N[C@@](C)(Cc1cc(=O)[nH][nH]1)c1cc(-c2cccc(C#N)c2)cs1. The van der Waals surface area contributed by atoms with Crippen LogP contribution in [-0.4, -0.2) is 19.7 Å². The van der Waals surface area contributed by atoms with Crippen molar-refractivity contribution in [3.05, 3.63) is 68.3 Å². The Morgan fingerprint density at radius 3 is 2.48 bits per heavy atom. The van der Waals surface area contributed by atoms with Gasteiger partial charge in [-0.2, -0.15) is 5.26 Å². The second kappa shape index (κ2) is 11.8. The molecule has 2 atom stereocenters. The minimum Gasteiger partial charge on any atom is -0.302 e. The van der Waals surface area contributed by atoms with E-state index in [1.165, 1.54) is 6.07 Å². The Hall–Kier alpha value is -2.47. The number of hydrogen-bond acceptors (Lipinski definition) is 4. The van der Waals surface area contributed by atoms with Gasteiger partial charge in [0.05, 0.1) is 28.2 Å². The number of nitriles is 1. The first-order valence-corrected chi connectivity index (χ1v) is 11.9. The minimum atomic E-state index is -1.24. The summed E-state index contributed by atoms with van der Waals surface area (Å²) in [6, 6.07) is 13.2. The molecule has 8 heteroatoms. The molecule has 3 rings (SSSR count). The smallest absolute Gasteiger partial charge is 0.264 e. The van der Waals surface area contributed by atoms with Gasteiger partial charge in [0.15, 0.2) is 0 Å². The third-order valence-electron chi connectivity index (χ3n) is 4.42. The van der Waals surface area contributed by atoms with Crippen molar-refractivity contribution in [3.8, 4) is 17.2 Å². The molecule has 1 aromatic carbocycles. The van der Waals surface area contributed by atoms with Crippen LogP contribution in [0.25, 0.3) is 11.1 Å². The van der Waals surface area contributed by atoms with Crippen molar-refractivity contribution in [3.63, 3.8) is 0 Å². The Morgan fingerprint density at radius 1 is 1.19 bits per heavy atom. The summed E-state index contributed by atoms with van der Waals surface area (Å²) < 4.78 is 15.8. The molecule has 2 heterocycles. The normalized spacial score (nSPS) is 13.3. The molecule has 0 bridgehead atoms. The van der Waals surface area contributed by atoms with Crippen molar-refractivity contribution >= 4 is 22.3 Å². The molecule has 0 saturated heterocycles. The molecule has 0 aliphatic heterocycles. The monoisotopic (exact) mass is 460 g/mol. The van der Waals surface area contributed by atoms with E-state index in [1.807, 2.05) is 58.2 Å². The van der Waals surface area contributed by atoms with Crippen molar-refractivity contribution in [2.24, 2.45) is 0 Å². The molecule has 0 aliphatic carbocycles. The molecule has 168 valence electrons. The molecule has 2 aromatic heterocycles. The lowest BCUT2D eigenvalue weighted by Gasteiger charge is -2.29. The van der Waals surface area contributed by atoms with Crippen LogP contribution >= 0.6 is 11.3 Å². The van der Waals surface area contributed by atoms with Gasteiger partial charge in [-0.1, -0.05) is 33.4 Å². The molecule has 0 radical (unpaired) electrons. The molecule has 3 aromatic rings. The molecular formula is C23H32N4O2S2. The van der Waals surface area contributed by atoms with Crippen LogP contribution in [0.15, 0.2) is 46.6 Å². The number of benzene rings is 1. The number of aromatic nitrogens is 2. The molecule has 0 amide bonds. The van der Waals surface area contributed by atoms with Crippen LogP contribution in [0.3, 0.4) is 0 Å². The zero-order chi connectivity index (χ0) is 22.3. The van der Waals surface area contributed by atoms with Gasteiger partial charge in [-0.25, -0.2) is 8.93 Å². The van der Waals surface area contributed by atoms with E-state index in [9.17, 15) is 9.00 Å². The number of H-pyrrole nitrogens is 2. The topological polar surface area (TPSA) is 102 Å². The van der Waals surface area contributed by atoms with Crippen molar-refractivity contribution in [2.45, 2.75) is 59.3 Å². The van der Waals surface area contributed by atoms with E-state index in [0.717, 1.165) is 21.7 Å². The first-order valence-electron chi connectivity index (χ1n) is 9.85. The van der Waals surface area contributed by atoms with Crippen LogP contribution < -0.4 is 10.3 Å². The summed E-state index contributed by atoms with van der Waals surface area (Å²) in [7, 11) is -1.24. The zero-order valence-electron chi connectivity index (χ0n) is 17.9. The van der Waals surface area contributed by atoms with Gasteiger partial charge in [0.2, 0.25) is 0 Å². The second-order valence-electron chi connectivity index (χ2n) is 7.13. The number of nitrogens with one attached hydrogen (secondary N) is 3. The Balaban J connectivity index is 0.00000156. The number of thiophene rings is 1. The quantitative estimate of drug-likeness (QED) is 0.458. The summed E-state index contributed by atoms with van der Waals surface area (Å²) >= 11 is 1.56. The van der Waals surface area contributed by atoms with Crippen molar-refractivity contribution in [1.29, 1.82) is 5.26 Å². The van der Waals surface area contributed by atoms with E-state index in [2.05, 4.69) is 27.1 Å². The molecule has 0 saturated carbocycles. The number of hydrogen-bond donors (Lipinski definition) is 3. The third kappa shape index (κ3) is 6.76. The van der Waals surface area contributed by atoms with E-state index >= 15 is 0 Å². The Labute approximate surface area is 191 Å². The van der Waals surface area contributed by atoms with E-state index < -0.39 is 16.5 Å². The highest BCUT2D eigenvalue weighted by molar-refractivity contribution is 7.83. The molecule has 0 spiro atoms. The van der Waals surface area contributed by atoms with Crippen LogP contribution in [0.4, 0.5) is 0 Å². The Morgan fingerprint density at radius 2 is 1.90 bits per heavy atom. The molecule has 0 fully saturated rings. The number of aromatic amines is 2. The van der Waals surface area contributed by atoms with E-state index in [0.29, 0.717) is 12.0 Å². The summed E-state index contributed by atoms with van der Waals surface area (Å²) in [4.78, 5) is 12.5. The van der Waals surface area contributed by atoms with Gasteiger partial charge >= 0.3 is 0 Å². The van der Waals surface area contributed by atoms with E-state index in [4.69, 9.17) is 5.26 Å². The lowest BCUT2D eigenvalue weighted by Crippen LogP contribution is -2.44. The summed E-state index contributed by atoms with van der Waals surface area (Å²) in [5.41, 5.74) is 2.49. The summed E-state index contributed by atoms with van der Waals surface area (Å²) in [5, 5.41) is 16.6. The first kappa shape index (κ1) is 26.6. The fraction of sp³-hybridized carbons (Fsp3) is 0.391. The maximum Gasteiger partial charge on any atom is 0.264 e. The Bertz CT molecular complexity index is 1090. The Kier molecular flexibility index (Phi) is 10.1. The predicted octanol–water partition coefficient (Wildman–Crippen LogP) is 5.09. The number of rotatable bonds is 7. The minimum absolute atomic E-state index is 0. The lowest BCUT2D eigenvalue weighted by molar-refractivity contribution is 0.445. The first-order chi connectivity index (χ1) is 14.3. The average molecular weight is 461 g/mol. The van der Waals surface area contributed by atoms with Crippen LogP contribution in [0.1, 0.15) is 58.2 Å². The molecule has 6 nitrogen and oxygen atoms in total. The van der Waals surface area contributed by atoms with E-state index in [-0.39, 0.29) is 18.2 Å². The van der Waals surface area contributed by atoms with Crippen LogP contribution in [-0.2, 0) is 22.9 Å². The molecule has 0 aliphatic rings. The van der Waals surface area contributed by atoms with Gasteiger partial charge < -0.3 is 5.10 Å². The van der Waals surface area contributed by atoms with Gasteiger partial charge in [0, 0.05) is 28.3 Å². The molecule has 1 unspecified atom stereocenters. The van der Waals surface area contributed by atoms with Gasteiger partial charge in [-0.05, 0) is 55.5 Å². The second-order valence-corrected chi connectivity index (χ2v) is 9.79. The third-order valence-corrected chi connectivity index (χ3v) is 7.12. The van der Waals surface area contributed by atoms with Gasteiger partial charge in [-0.15, -0.1) is 11.3 Å².